The molecule has 0 aliphatic rings. The first kappa shape index (κ1) is 13.7. The zero-order chi connectivity index (χ0) is 14.1. The summed E-state index contributed by atoms with van der Waals surface area (Å²) in [5.41, 5.74) is 1.08. The molecular weight excluding hydrogens is 382 g/mol. The minimum Gasteiger partial charge on any atom is -0.452 e. The molecule has 0 aliphatic carbocycles. The van der Waals surface area contributed by atoms with Gasteiger partial charge in [0.1, 0.15) is 5.76 Å². The fourth-order valence-corrected chi connectivity index (χ4v) is 2.89. The van der Waals surface area contributed by atoms with E-state index in [-0.39, 0.29) is 6.04 Å². The molecule has 3 aromatic rings. The summed E-state index contributed by atoms with van der Waals surface area (Å²) in [6.45, 7) is 2.08. The van der Waals surface area contributed by atoms with Crippen LogP contribution in [0.2, 0.25) is 0 Å². The molecule has 1 atom stereocenters. The van der Waals surface area contributed by atoms with Crippen molar-refractivity contribution in [2.45, 2.75) is 13.0 Å². The minimum atomic E-state index is 0.120. The highest BCUT2D eigenvalue weighted by Gasteiger charge is 2.09. The first-order chi connectivity index (χ1) is 9.61. The van der Waals surface area contributed by atoms with E-state index in [9.17, 15) is 0 Å². The number of anilines is 1. The summed E-state index contributed by atoms with van der Waals surface area (Å²) < 4.78 is 7.42. The highest BCUT2D eigenvalue weighted by Crippen LogP contribution is 2.27. The summed E-state index contributed by atoms with van der Waals surface area (Å²) in [6, 6.07) is 16.6. The lowest BCUT2D eigenvalue weighted by Gasteiger charge is -2.13. The van der Waals surface area contributed by atoms with E-state index in [0.29, 0.717) is 0 Å². The third-order valence-corrected chi connectivity index (χ3v) is 4.13. The van der Waals surface area contributed by atoms with Crippen molar-refractivity contribution in [2.24, 2.45) is 0 Å². The predicted octanol–water partition coefficient (Wildman–Crippen LogP) is 6.13. The van der Waals surface area contributed by atoms with Gasteiger partial charge in [-0.2, -0.15) is 0 Å². The number of benzene rings is 2. The molecule has 1 heterocycles. The van der Waals surface area contributed by atoms with Gasteiger partial charge in [-0.25, -0.2) is 0 Å². The Kier molecular flexibility index (Phi) is 3.85. The maximum absolute atomic E-state index is 5.57. The van der Waals surface area contributed by atoms with Crippen molar-refractivity contribution < 1.29 is 4.42 Å². The molecule has 1 N–H and O–H groups in total. The summed E-state index contributed by atoms with van der Waals surface area (Å²) >= 11 is 6.82. The zero-order valence-corrected chi connectivity index (χ0v) is 14.0. The van der Waals surface area contributed by atoms with Gasteiger partial charge < -0.3 is 9.73 Å². The van der Waals surface area contributed by atoms with Gasteiger partial charge >= 0.3 is 0 Å². The maximum Gasteiger partial charge on any atom is 0.169 e. The van der Waals surface area contributed by atoms with Crippen LogP contribution in [-0.4, -0.2) is 0 Å². The average molecular weight is 395 g/mol. The Morgan fingerprint density at radius 2 is 1.70 bits per heavy atom. The van der Waals surface area contributed by atoms with E-state index < -0.39 is 0 Å². The fraction of sp³-hybridized carbons (Fsp3) is 0.125. The van der Waals surface area contributed by atoms with E-state index in [4.69, 9.17) is 4.42 Å². The molecule has 1 aromatic heterocycles. The Morgan fingerprint density at radius 1 is 0.950 bits per heavy atom. The average Bonchev–Trinajstić information content (AvgIpc) is 2.86. The molecule has 0 spiro atoms. The molecule has 0 fully saturated rings. The molecule has 3 rings (SSSR count). The van der Waals surface area contributed by atoms with Crippen molar-refractivity contribution >= 4 is 48.3 Å². The number of nitrogens with one attached hydrogen (secondary N) is 1. The van der Waals surface area contributed by atoms with Crippen molar-refractivity contribution in [1.29, 1.82) is 0 Å². The summed E-state index contributed by atoms with van der Waals surface area (Å²) in [5, 5.41) is 5.89. The van der Waals surface area contributed by atoms with Crippen LogP contribution in [0.1, 0.15) is 18.7 Å². The highest BCUT2D eigenvalue weighted by molar-refractivity contribution is 9.10. The summed E-state index contributed by atoms with van der Waals surface area (Å²) in [4.78, 5) is 0. The van der Waals surface area contributed by atoms with Crippen molar-refractivity contribution in [3.63, 3.8) is 0 Å². The Labute approximate surface area is 134 Å². The van der Waals surface area contributed by atoms with Crippen LogP contribution < -0.4 is 5.32 Å². The van der Waals surface area contributed by atoms with Gasteiger partial charge in [0.25, 0.3) is 0 Å². The van der Waals surface area contributed by atoms with Gasteiger partial charge in [-0.05, 0) is 70.0 Å². The Morgan fingerprint density at radius 3 is 2.45 bits per heavy atom. The zero-order valence-electron chi connectivity index (χ0n) is 10.9. The lowest BCUT2D eigenvalue weighted by molar-refractivity contribution is 0.471. The van der Waals surface area contributed by atoms with Gasteiger partial charge in [0.05, 0.1) is 6.04 Å². The highest BCUT2D eigenvalue weighted by atomic mass is 79.9. The van der Waals surface area contributed by atoms with Crippen molar-refractivity contribution in [3.05, 3.63) is 63.4 Å². The fourth-order valence-electron chi connectivity index (χ4n) is 2.19. The van der Waals surface area contributed by atoms with E-state index in [0.717, 1.165) is 20.6 Å². The topological polar surface area (TPSA) is 25.2 Å². The molecule has 0 amide bonds. The van der Waals surface area contributed by atoms with Gasteiger partial charge in [-0.15, -0.1) is 0 Å². The van der Waals surface area contributed by atoms with Crippen molar-refractivity contribution in [2.75, 3.05) is 5.32 Å². The van der Waals surface area contributed by atoms with Crippen LogP contribution >= 0.6 is 31.9 Å². The Balaban J connectivity index is 1.85. The number of hydrogen-bond donors (Lipinski definition) is 1. The molecule has 0 aliphatic heterocycles. The molecular formula is C16H13Br2NO. The molecule has 20 heavy (non-hydrogen) atoms. The molecule has 0 radical (unpaired) electrons. The lowest BCUT2D eigenvalue weighted by Crippen LogP contribution is -2.05. The number of rotatable bonds is 3. The van der Waals surface area contributed by atoms with Crippen molar-refractivity contribution in [3.8, 4) is 0 Å². The summed E-state index contributed by atoms with van der Waals surface area (Å²) in [7, 11) is 0. The molecule has 102 valence electrons. The van der Waals surface area contributed by atoms with Gasteiger partial charge in [-0.3, -0.25) is 0 Å². The number of halogens is 2. The van der Waals surface area contributed by atoms with Crippen LogP contribution in [0.15, 0.2) is 62.1 Å². The van der Waals surface area contributed by atoms with Crippen LogP contribution in [0, 0.1) is 0 Å². The molecule has 2 aromatic carbocycles. The third-order valence-electron chi connectivity index (χ3n) is 3.21. The molecule has 1 unspecified atom stereocenters. The third kappa shape index (κ3) is 2.91. The number of hydrogen-bond acceptors (Lipinski definition) is 2. The number of furan rings is 1. The van der Waals surface area contributed by atoms with E-state index in [2.05, 4.69) is 80.5 Å². The smallest absolute Gasteiger partial charge is 0.169 e. The SMILES string of the molecule is CC(Nc1ccc2cc(Br)ccc2c1)c1ccc(Br)o1. The van der Waals surface area contributed by atoms with E-state index in [1.54, 1.807) is 0 Å². The summed E-state index contributed by atoms with van der Waals surface area (Å²) in [6.07, 6.45) is 0. The van der Waals surface area contributed by atoms with E-state index in [1.807, 2.05) is 12.1 Å². The van der Waals surface area contributed by atoms with Gasteiger partial charge in [0.2, 0.25) is 0 Å². The van der Waals surface area contributed by atoms with Crippen LogP contribution in [-0.2, 0) is 0 Å². The quantitative estimate of drug-likeness (QED) is 0.577. The monoisotopic (exact) mass is 393 g/mol. The molecule has 2 nitrogen and oxygen atoms in total. The van der Waals surface area contributed by atoms with Crippen LogP contribution in [0.25, 0.3) is 10.8 Å². The first-order valence-electron chi connectivity index (χ1n) is 6.33. The van der Waals surface area contributed by atoms with E-state index >= 15 is 0 Å². The predicted molar refractivity (Wildman–Crippen MR) is 90.1 cm³/mol. The molecule has 0 saturated heterocycles. The normalized spacial score (nSPS) is 12.6. The first-order valence-corrected chi connectivity index (χ1v) is 7.91. The second-order valence-corrected chi connectivity index (χ2v) is 6.41. The largest absolute Gasteiger partial charge is 0.452 e. The van der Waals surface area contributed by atoms with Crippen LogP contribution in [0.4, 0.5) is 5.69 Å². The van der Waals surface area contributed by atoms with Gasteiger partial charge in [0, 0.05) is 10.2 Å². The van der Waals surface area contributed by atoms with Gasteiger partial charge in [-0.1, -0.05) is 28.1 Å². The van der Waals surface area contributed by atoms with Crippen LogP contribution in [0.3, 0.4) is 0 Å². The Hall–Kier alpha value is -1.26. The lowest BCUT2D eigenvalue weighted by atomic mass is 10.1. The van der Waals surface area contributed by atoms with E-state index in [1.165, 1.54) is 10.8 Å². The minimum absolute atomic E-state index is 0.120. The molecule has 0 bridgehead atoms. The maximum atomic E-state index is 5.57. The van der Waals surface area contributed by atoms with Gasteiger partial charge in [0.15, 0.2) is 4.67 Å². The standard InChI is InChI=1S/C16H13Br2NO/c1-10(15-6-7-16(18)20-15)19-14-5-3-11-8-13(17)4-2-12(11)9-14/h2-10,19H,1H3. The second kappa shape index (κ2) is 5.62. The Bertz CT molecular complexity index is 751. The van der Waals surface area contributed by atoms with Crippen molar-refractivity contribution in [1.82, 2.24) is 0 Å². The molecule has 0 saturated carbocycles. The molecule has 4 heteroatoms. The summed E-state index contributed by atoms with van der Waals surface area (Å²) in [5.74, 6) is 0.910. The second-order valence-electron chi connectivity index (χ2n) is 4.71. The van der Waals surface area contributed by atoms with Crippen LogP contribution in [0.5, 0.6) is 0 Å². The number of fused-ring (bicyclic) bond motifs is 1.